The lowest BCUT2D eigenvalue weighted by Gasteiger charge is -2.28. The van der Waals surface area contributed by atoms with Crippen LogP contribution >= 0.6 is 23.4 Å². The van der Waals surface area contributed by atoms with Gasteiger partial charge in [-0.2, -0.15) is 0 Å². The monoisotopic (exact) mass is 478 g/mol. The first-order valence-corrected chi connectivity index (χ1v) is 12.1. The number of nitrogens with one attached hydrogen (secondary N) is 1. The largest absolute Gasteiger partial charge is 0.378 e. The van der Waals surface area contributed by atoms with Gasteiger partial charge in [0.05, 0.1) is 13.2 Å². The number of hydrogen-bond acceptors (Lipinski definition) is 4. The summed E-state index contributed by atoms with van der Waals surface area (Å²) < 4.78 is 5.33. The summed E-state index contributed by atoms with van der Waals surface area (Å²) in [7, 11) is 0. The lowest BCUT2D eigenvalue weighted by atomic mass is 9.87. The van der Waals surface area contributed by atoms with E-state index in [1.807, 2.05) is 36.4 Å². The molecule has 2 aliphatic rings. The Morgan fingerprint density at radius 2 is 1.76 bits per heavy atom. The van der Waals surface area contributed by atoms with E-state index in [1.54, 1.807) is 34.9 Å². The first kappa shape index (κ1) is 22.0. The average Bonchev–Trinajstić information content (AvgIpc) is 2.84. The van der Waals surface area contributed by atoms with Gasteiger partial charge in [0.1, 0.15) is 0 Å². The van der Waals surface area contributed by atoms with E-state index in [4.69, 9.17) is 16.3 Å². The standard InChI is InChI=1S/C26H23ClN2O3S/c27-18-8-9-24-22(15-18)21(20-6-1-2-7-23(20)33-24)16-25(30)28-19-5-3-4-17(14-19)26(31)29-10-12-32-13-11-29/h1-9,14-15,21H,10-13,16H2,(H,28,30)/t21-/m0/s1. The Balaban J connectivity index is 1.35. The molecule has 2 heterocycles. The summed E-state index contributed by atoms with van der Waals surface area (Å²) in [6.07, 6.45) is 0.284. The molecule has 0 spiro atoms. The van der Waals surface area contributed by atoms with E-state index in [0.717, 1.165) is 20.9 Å². The lowest BCUT2D eigenvalue weighted by molar-refractivity contribution is -0.116. The minimum atomic E-state index is -0.108. The van der Waals surface area contributed by atoms with Gasteiger partial charge in [-0.05, 0) is 53.6 Å². The van der Waals surface area contributed by atoms with Crippen LogP contribution in [0.4, 0.5) is 5.69 Å². The summed E-state index contributed by atoms with van der Waals surface area (Å²) in [5.74, 6) is -0.242. The van der Waals surface area contributed by atoms with Gasteiger partial charge in [-0.15, -0.1) is 0 Å². The van der Waals surface area contributed by atoms with Crippen molar-refractivity contribution in [1.29, 1.82) is 0 Å². The molecular weight excluding hydrogens is 456 g/mol. The van der Waals surface area contributed by atoms with Crippen LogP contribution in [0.15, 0.2) is 76.5 Å². The number of ether oxygens (including phenoxy) is 1. The number of carbonyl (C=O) groups is 2. The summed E-state index contributed by atoms with van der Waals surface area (Å²) in [6, 6.07) is 21.2. The number of halogens is 1. The molecule has 0 saturated carbocycles. The van der Waals surface area contributed by atoms with Gasteiger partial charge in [0.2, 0.25) is 5.91 Å². The molecule has 1 atom stereocenters. The highest BCUT2D eigenvalue weighted by Gasteiger charge is 2.28. The molecular formula is C26H23ClN2O3S. The average molecular weight is 479 g/mol. The highest BCUT2D eigenvalue weighted by Crippen LogP contribution is 2.47. The molecule has 0 bridgehead atoms. The first-order chi connectivity index (χ1) is 16.1. The summed E-state index contributed by atoms with van der Waals surface area (Å²) in [5, 5.41) is 3.65. The van der Waals surface area contributed by atoms with Crippen molar-refractivity contribution in [3.05, 3.63) is 88.4 Å². The lowest BCUT2D eigenvalue weighted by Crippen LogP contribution is -2.40. The van der Waals surface area contributed by atoms with E-state index >= 15 is 0 Å². The first-order valence-electron chi connectivity index (χ1n) is 10.9. The smallest absolute Gasteiger partial charge is 0.254 e. The highest BCUT2D eigenvalue weighted by molar-refractivity contribution is 7.99. The molecule has 1 N–H and O–H groups in total. The number of fused-ring (bicyclic) bond motifs is 2. The van der Waals surface area contributed by atoms with Crippen molar-refractivity contribution in [2.45, 2.75) is 22.1 Å². The third-order valence-electron chi connectivity index (χ3n) is 5.94. The second kappa shape index (κ2) is 9.59. The van der Waals surface area contributed by atoms with E-state index in [-0.39, 0.29) is 24.2 Å². The Kier molecular flexibility index (Phi) is 6.40. The fourth-order valence-corrected chi connectivity index (χ4v) is 5.68. The van der Waals surface area contributed by atoms with Crippen LogP contribution in [0.3, 0.4) is 0 Å². The van der Waals surface area contributed by atoms with Gasteiger partial charge >= 0.3 is 0 Å². The Labute approximate surface area is 202 Å². The van der Waals surface area contributed by atoms with Crippen LogP contribution in [-0.4, -0.2) is 43.0 Å². The number of nitrogens with zero attached hydrogens (tertiary/aromatic N) is 1. The molecule has 168 valence electrons. The van der Waals surface area contributed by atoms with Gasteiger partial charge in [0.15, 0.2) is 0 Å². The fraction of sp³-hybridized carbons (Fsp3) is 0.231. The SMILES string of the molecule is O=C(C[C@H]1c2ccccc2Sc2ccc(Cl)cc21)Nc1cccc(C(=O)N2CCOCC2)c1. The zero-order chi connectivity index (χ0) is 22.8. The molecule has 0 aliphatic carbocycles. The van der Waals surface area contributed by atoms with Crippen molar-refractivity contribution in [1.82, 2.24) is 4.90 Å². The van der Waals surface area contributed by atoms with Gasteiger partial charge in [0.25, 0.3) is 5.91 Å². The third kappa shape index (κ3) is 4.78. The molecule has 1 fully saturated rings. The van der Waals surface area contributed by atoms with Crippen LogP contribution in [0.5, 0.6) is 0 Å². The zero-order valence-electron chi connectivity index (χ0n) is 17.9. The molecule has 0 unspecified atom stereocenters. The second-order valence-electron chi connectivity index (χ2n) is 8.11. The molecule has 33 heavy (non-hydrogen) atoms. The van der Waals surface area contributed by atoms with Crippen molar-refractivity contribution in [3.63, 3.8) is 0 Å². The van der Waals surface area contributed by atoms with Crippen molar-refractivity contribution >= 4 is 40.9 Å². The maximum Gasteiger partial charge on any atom is 0.254 e. The highest BCUT2D eigenvalue weighted by atomic mass is 35.5. The van der Waals surface area contributed by atoms with Crippen molar-refractivity contribution in [3.8, 4) is 0 Å². The fourth-order valence-electron chi connectivity index (χ4n) is 4.33. The Bertz CT molecular complexity index is 1210. The Morgan fingerprint density at radius 1 is 0.970 bits per heavy atom. The van der Waals surface area contributed by atoms with Crippen LogP contribution in [0.25, 0.3) is 0 Å². The molecule has 5 nitrogen and oxygen atoms in total. The summed E-state index contributed by atoms with van der Waals surface area (Å²) in [4.78, 5) is 30.0. The molecule has 0 radical (unpaired) electrons. The molecule has 3 aromatic rings. The molecule has 1 saturated heterocycles. The number of anilines is 1. The maximum atomic E-state index is 13.1. The van der Waals surface area contributed by atoms with Gasteiger partial charge in [-0.3, -0.25) is 9.59 Å². The zero-order valence-corrected chi connectivity index (χ0v) is 19.5. The normalized spacial score (nSPS) is 17.1. The van der Waals surface area contributed by atoms with Crippen molar-refractivity contribution < 1.29 is 14.3 Å². The van der Waals surface area contributed by atoms with E-state index in [0.29, 0.717) is 42.6 Å². The second-order valence-corrected chi connectivity index (χ2v) is 9.63. The number of rotatable bonds is 4. The molecule has 5 rings (SSSR count). The van der Waals surface area contributed by atoms with Gasteiger partial charge in [0, 0.05) is 51.5 Å². The predicted octanol–water partition coefficient (Wildman–Crippen LogP) is 5.44. The number of amides is 2. The Hall–Kier alpha value is -2.80. The minimum absolute atomic E-state index is 0.0452. The van der Waals surface area contributed by atoms with Crippen LogP contribution in [0.2, 0.25) is 5.02 Å². The van der Waals surface area contributed by atoms with Gasteiger partial charge in [-0.1, -0.05) is 47.6 Å². The summed E-state index contributed by atoms with van der Waals surface area (Å²) >= 11 is 8.00. The number of benzene rings is 3. The molecule has 2 amide bonds. The van der Waals surface area contributed by atoms with E-state index < -0.39 is 0 Å². The quantitative estimate of drug-likeness (QED) is 0.542. The third-order valence-corrected chi connectivity index (χ3v) is 7.36. The van der Waals surface area contributed by atoms with Crippen molar-refractivity contribution in [2.24, 2.45) is 0 Å². The summed E-state index contributed by atoms with van der Waals surface area (Å²) in [6.45, 7) is 2.26. The molecule has 7 heteroatoms. The van der Waals surface area contributed by atoms with Gasteiger partial charge in [-0.25, -0.2) is 0 Å². The van der Waals surface area contributed by atoms with Crippen LogP contribution in [-0.2, 0) is 9.53 Å². The number of hydrogen-bond donors (Lipinski definition) is 1. The van der Waals surface area contributed by atoms with Crippen LogP contribution in [0.1, 0.15) is 33.8 Å². The topological polar surface area (TPSA) is 58.6 Å². The number of carbonyl (C=O) groups excluding carboxylic acids is 2. The number of morpholine rings is 1. The predicted molar refractivity (Wildman–Crippen MR) is 130 cm³/mol. The molecule has 2 aliphatic heterocycles. The molecule has 0 aromatic heterocycles. The maximum absolute atomic E-state index is 13.1. The minimum Gasteiger partial charge on any atom is -0.378 e. The van der Waals surface area contributed by atoms with E-state index in [2.05, 4.69) is 17.4 Å². The Morgan fingerprint density at radius 3 is 2.61 bits per heavy atom. The van der Waals surface area contributed by atoms with Crippen LogP contribution in [0, 0.1) is 0 Å². The molecule has 3 aromatic carbocycles. The van der Waals surface area contributed by atoms with E-state index in [9.17, 15) is 9.59 Å². The van der Waals surface area contributed by atoms with Gasteiger partial charge < -0.3 is 15.0 Å². The van der Waals surface area contributed by atoms with Crippen molar-refractivity contribution in [2.75, 3.05) is 31.6 Å². The summed E-state index contributed by atoms with van der Waals surface area (Å²) in [5.41, 5.74) is 3.37. The van der Waals surface area contributed by atoms with E-state index in [1.165, 1.54) is 0 Å². The van der Waals surface area contributed by atoms with Crippen LogP contribution < -0.4 is 5.32 Å².